The van der Waals surface area contributed by atoms with Crippen molar-refractivity contribution in [2.45, 2.75) is 51.1 Å². The Morgan fingerprint density at radius 3 is 2.47 bits per heavy atom. The maximum atomic E-state index is 4.74. The zero-order valence-corrected chi connectivity index (χ0v) is 10.2. The lowest BCUT2D eigenvalue weighted by Gasteiger charge is -2.18. The van der Waals surface area contributed by atoms with Crippen LogP contribution in [0.4, 0.5) is 0 Å². The molecule has 0 radical (unpaired) electrons. The van der Waals surface area contributed by atoms with Crippen molar-refractivity contribution in [1.29, 1.82) is 0 Å². The van der Waals surface area contributed by atoms with E-state index in [-0.39, 0.29) is 0 Å². The van der Waals surface area contributed by atoms with Crippen molar-refractivity contribution in [3.63, 3.8) is 0 Å². The molecule has 0 saturated heterocycles. The lowest BCUT2D eigenvalue weighted by Crippen LogP contribution is -2.36. The number of nitrogens with one attached hydrogen (secondary N) is 1. The second-order valence-electron chi connectivity index (χ2n) is 5.15. The third-order valence-electron chi connectivity index (χ3n) is 3.73. The van der Waals surface area contributed by atoms with Crippen molar-refractivity contribution >= 4 is 16.9 Å². The van der Waals surface area contributed by atoms with E-state index in [1.54, 1.807) is 0 Å². The maximum absolute atomic E-state index is 4.74. The highest BCUT2D eigenvalue weighted by Crippen LogP contribution is 2.44. The summed E-state index contributed by atoms with van der Waals surface area (Å²) in [6, 6.07) is 1.35. The summed E-state index contributed by atoms with van der Waals surface area (Å²) in [5.41, 5.74) is 0. The van der Waals surface area contributed by atoms with Crippen molar-refractivity contribution < 1.29 is 0 Å². The van der Waals surface area contributed by atoms with Gasteiger partial charge < -0.3 is 5.32 Å². The number of nitrogens with zero attached hydrogens (tertiary/aromatic N) is 1. The Labute approximate surface area is 96.3 Å². The van der Waals surface area contributed by atoms with Crippen LogP contribution in [0.3, 0.4) is 0 Å². The van der Waals surface area contributed by atoms with E-state index in [2.05, 4.69) is 12.2 Å². The van der Waals surface area contributed by atoms with Crippen molar-refractivity contribution in [2.75, 3.05) is 5.75 Å². The van der Waals surface area contributed by atoms with E-state index in [0.29, 0.717) is 6.04 Å². The maximum Gasteiger partial charge on any atom is 0.157 e. The minimum absolute atomic E-state index is 0.580. The predicted octanol–water partition coefficient (Wildman–Crippen LogP) is 2.65. The highest BCUT2D eigenvalue weighted by molar-refractivity contribution is 8.14. The van der Waals surface area contributed by atoms with Gasteiger partial charge in [-0.3, -0.25) is 4.99 Å². The minimum atomic E-state index is 0.580. The molecule has 3 heteroatoms. The number of amidine groups is 1. The molecule has 0 aromatic heterocycles. The number of hydrogen-bond donors (Lipinski definition) is 1. The summed E-state index contributed by atoms with van der Waals surface area (Å²) in [6.45, 7) is 2.23. The summed E-state index contributed by atoms with van der Waals surface area (Å²) in [4.78, 5) is 4.74. The van der Waals surface area contributed by atoms with Crippen molar-refractivity contribution in [1.82, 2.24) is 5.32 Å². The van der Waals surface area contributed by atoms with Crippen molar-refractivity contribution in [3.05, 3.63) is 0 Å². The number of rotatable bonds is 4. The molecule has 3 aliphatic rings. The fourth-order valence-corrected chi connectivity index (χ4v) is 3.48. The first-order chi connectivity index (χ1) is 7.36. The molecule has 84 valence electrons. The van der Waals surface area contributed by atoms with Gasteiger partial charge in [0.2, 0.25) is 0 Å². The molecule has 1 heterocycles. The molecule has 2 fully saturated rings. The van der Waals surface area contributed by atoms with Gasteiger partial charge in [0.25, 0.3) is 0 Å². The third-order valence-corrected chi connectivity index (χ3v) is 4.78. The van der Waals surface area contributed by atoms with Gasteiger partial charge in [0, 0.05) is 11.8 Å². The van der Waals surface area contributed by atoms with Gasteiger partial charge in [-0.05, 0) is 43.9 Å². The normalized spacial score (nSPS) is 30.8. The molecule has 0 amide bonds. The molecule has 1 aliphatic heterocycles. The fraction of sp³-hybridized carbons (Fsp3) is 0.917. The average Bonchev–Trinajstić information content (AvgIpc) is 3.14. The SMILES string of the molecule is CCC1CSC(NC(C2CC2)C2CC2)=N1. The van der Waals surface area contributed by atoms with E-state index in [1.165, 1.54) is 43.0 Å². The second-order valence-corrected chi connectivity index (χ2v) is 6.16. The van der Waals surface area contributed by atoms with Crippen LogP contribution < -0.4 is 5.32 Å². The van der Waals surface area contributed by atoms with Crippen LogP contribution in [0.1, 0.15) is 39.0 Å². The van der Waals surface area contributed by atoms with Gasteiger partial charge in [0.1, 0.15) is 0 Å². The molecule has 0 spiro atoms. The second kappa shape index (κ2) is 4.00. The van der Waals surface area contributed by atoms with E-state index < -0.39 is 0 Å². The van der Waals surface area contributed by atoms with E-state index in [0.717, 1.165) is 17.9 Å². The molecule has 0 bridgehead atoms. The van der Waals surface area contributed by atoms with Crippen molar-refractivity contribution in [2.24, 2.45) is 16.8 Å². The molecular weight excluding hydrogens is 204 g/mol. The van der Waals surface area contributed by atoms with Crippen LogP contribution in [0, 0.1) is 11.8 Å². The Bertz CT molecular complexity index is 257. The Hall–Kier alpha value is -0.180. The first-order valence-corrected chi connectivity index (χ1v) is 7.32. The van der Waals surface area contributed by atoms with Crippen molar-refractivity contribution in [3.8, 4) is 0 Å². The van der Waals surface area contributed by atoms with E-state index in [4.69, 9.17) is 4.99 Å². The summed E-state index contributed by atoms with van der Waals surface area (Å²) in [5.74, 6) is 3.14. The molecule has 2 nitrogen and oxygen atoms in total. The van der Waals surface area contributed by atoms with Crippen LogP contribution in [0.2, 0.25) is 0 Å². The van der Waals surface area contributed by atoms with Crippen LogP contribution in [0.5, 0.6) is 0 Å². The number of aliphatic imine (C=N–C) groups is 1. The molecule has 1 atom stereocenters. The molecule has 1 unspecified atom stereocenters. The highest BCUT2D eigenvalue weighted by atomic mass is 32.2. The Balaban J connectivity index is 1.58. The predicted molar refractivity (Wildman–Crippen MR) is 66.3 cm³/mol. The summed E-state index contributed by atoms with van der Waals surface area (Å²) in [6.07, 6.45) is 6.98. The monoisotopic (exact) mass is 224 g/mol. The first kappa shape index (κ1) is 10.0. The van der Waals surface area contributed by atoms with Gasteiger partial charge in [-0.25, -0.2) is 0 Å². The van der Waals surface area contributed by atoms with Gasteiger partial charge >= 0.3 is 0 Å². The van der Waals surface area contributed by atoms with Crippen LogP contribution >= 0.6 is 11.8 Å². The van der Waals surface area contributed by atoms with Crippen LogP contribution in [-0.4, -0.2) is 23.0 Å². The molecule has 3 rings (SSSR count). The summed E-state index contributed by atoms with van der Waals surface area (Å²) in [5, 5.41) is 4.96. The van der Waals surface area contributed by atoms with E-state index in [9.17, 15) is 0 Å². The highest BCUT2D eigenvalue weighted by Gasteiger charge is 2.42. The third kappa shape index (κ3) is 2.32. The lowest BCUT2D eigenvalue weighted by atomic mass is 10.1. The van der Waals surface area contributed by atoms with Gasteiger partial charge in [0.05, 0.1) is 6.04 Å². The van der Waals surface area contributed by atoms with Gasteiger partial charge in [-0.15, -0.1) is 0 Å². The standard InChI is InChI=1S/C12H20N2S/c1-2-10-7-15-12(13-10)14-11(8-3-4-8)9-5-6-9/h8-11H,2-7H2,1H3,(H,13,14). The lowest BCUT2D eigenvalue weighted by molar-refractivity contribution is 0.484. The quantitative estimate of drug-likeness (QED) is 0.794. The van der Waals surface area contributed by atoms with Gasteiger partial charge in [-0.2, -0.15) is 0 Å². The van der Waals surface area contributed by atoms with E-state index in [1.807, 2.05) is 11.8 Å². The zero-order chi connectivity index (χ0) is 10.3. The Morgan fingerprint density at radius 1 is 1.33 bits per heavy atom. The molecule has 2 saturated carbocycles. The molecule has 0 aromatic carbocycles. The van der Waals surface area contributed by atoms with Crippen LogP contribution in [-0.2, 0) is 0 Å². The molecule has 15 heavy (non-hydrogen) atoms. The number of hydrogen-bond acceptors (Lipinski definition) is 3. The summed E-state index contributed by atoms with van der Waals surface area (Å²) < 4.78 is 0. The Morgan fingerprint density at radius 2 is 2.00 bits per heavy atom. The van der Waals surface area contributed by atoms with Gasteiger partial charge in [-0.1, -0.05) is 18.7 Å². The molecule has 2 aliphatic carbocycles. The molecule has 1 N–H and O–H groups in total. The largest absolute Gasteiger partial charge is 0.362 e. The molecular formula is C12H20N2S. The minimum Gasteiger partial charge on any atom is -0.362 e. The summed E-state index contributed by atoms with van der Waals surface area (Å²) >= 11 is 1.93. The Kier molecular flexibility index (Phi) is 2.67. The number of thioether (sulfide) groups is 1. The fourth-order valence-electron chi connectivity index (χ4n) is 2.38. The first-order valence-electron chi connectivity index (χ1n) is 6.34. The molecule has 0 aromatic rings. The summed E-state index contributed by atoms with van der Waals surface area (Å²) in [7, 11) is 0. The van der Waals surface area contributed by atoms with Crippen LogP contribution in [0.15, 0.2) is 4.99 Å². The smallest absolute Gasteiger partial charge is 0.157 e. The zero-order valence-electron chi connectivity index (χ0n) is 9.41. The van der Waals surface area contributed by atoms with Gasteiger partial charge in [0.15, 0.2) is 5.17 Å². The van der Waals surface area contributed by atoms with Crippen LogP contribution in [0.25, 0.3) is 0 Å². The average molecular weight is 224 g/mol. The topological polar surface area (TPSA) is 24.4 Å². The van der Waals surface area contributed by atoms with E-state index >= 15 is 0 Å².